The predicted octanol–water partition coefficient (Wildman–Crippen LogP) is -1.42. The first-order valence-corrected chi connectivity index (χ1v) is 3.78. The third-order valence-electron chi connectivity index (χ3n) is 1.37. The maximum absolute atomic E-state index is 11.0. The Hall–Kier alpha value is -2.02. The Labute approximate surface area is 78.0 Å². The van der Waals surface area contributed by atoms with Crippen molar-refractivity contribution < 1.29 is 0 Å². The summed E-state index contributed by atoms with van der Waals surface area (Å²) in [6.07, 6.45) is 2.79. The van der Waals surface area contributed by atoms with E-state index in [1.165, 1.54) is 19.4 Å². The molecule has 0 fully saturated rings. The molecule has 4 N–H and O–H groups in total. The van der Waals surface area contributed by atoms with Crippen LogP contribution in [0.3, 0.4) is 0 Å². The zero-order valence-corrected chi connectivity index (χ0v) is 7.44. The maximum atomic E-state index is 11.0. The molecule has 0 aromatic carbocycles. The van der Waals surface area contributed by atoms with Gasteiger partial charge in [0.2, 0.25) is 0 Å². The Morgan fingerprint density at radius 2 is 1.79 bits per heavy atom. The lowest BCUT2D eigenvalue weighted by Gasteiger charge is -1.90. The van der Waals surface area contributed by atoms with Crippen LogP contribution >= 0.6 is 0 Å². The van der Waals surface area contributed by atoms with Crippen molar-refractivity contribution in [2.24, 2.45) is 5.73 Å². The van der Waals surface area contributed by atoms with E-state index in [4.69, 9.17) is 0 Å². The number of rotatable bonds is 0. The molecule has 0 radical (unpaired) electrons. The van der Waals surface area contributed by atoms with Crippen molar-refractivity contribution in [2.75, 3.05) is 7.05 Å². The quantitative estimate of drug-likeness (QED) is 0.477. The Bertz CT molecular complexity index is 529. The summed E-state index contributed by atoms with van der Waals surface area (Å²) >= 11 is 0. The molecule has 0 aliphatic carbocycles. The maximum Gasteiger partial charge on any atom is 0.327 e. The summed E-state index contributed by atoms with van der Waals surface area (Å²) in [6.45, 7) is 0. The van der Waals surface area contributed by atoms with Gasteiger partial charge in [0, 0.05) is 12.4 Å². The third-order valence-corrected chi connectivity index (χ3v) is 1.37. The van der Waals surface area contributed by atoms with E-state index in [0.717, 1.165) is 0 Å². The SMILES string of the molecule is CN.O=c1[nH]c(=O)c2nccnc2[nH]1. The van der Waals surface area contributed by atoms with Gasteiger partial charge in [-0.3, -0.25) is 14.8 Å². The fourth-order valence-electron chi connectivity index (χ4n) is 0.897. The number of nitrogens with one attached hydrogen (secondary N) is 2. The van der Waals surface area contributed by atoms with E-state index in [0.29, 0.717) is 0 Å². The lowest BCUT2D eigenvalue weighted by atomic mass is 10.5. The van der Waals surface area contributed by atoms with Crippen molar-refractivity contribution in [3.05, 3.63) is 33.2 Å². The van der Waals surface area contributed by atoms with Gasteiger partial charge in [-0.25, -0.2) is 14.8 Å². The molecule has 2 aromatic rings. The number of hydrogen-bond acceptors (Lipinski definition) is 5. The predicted molar refractivity (Wildman–Crippen MR) is 50.9 cm³/mol. The topological polar surface area (TPSA) is 118 Å². The van der Waals surface area contributed by atoms with Crippen molar-refractivity contribution in [3.63, 3.8) is 0 Å². The van der Waals surface area contributed by atoms with Gasteiger partial charge in [-0.2, -0.15) is 0 Å². The number of nitrogens with two attached hydrogens (primary N) is 1. The molecule has 0 atom stereocenters. The van der Waals surface area contributed by atoms with Crippen LogP contribution < -0.4 is 17.0 Å². The van der Waals surface area contributed by atoms with Gasteiger partial charge in [0.1, 0.15) is 0 Å². The largest absolute Gasteiger partial charge is 0.333 e. The van der Waals surface area contributed by atoms with Gasteiger partial charge in [0.05, 0.1) is 0 Å². The van der Waals surface area contributed by atoms with Crippen molar-refractivity contribution in [1.82, 2.24) is 19.9 Å². The molecule has 2 aromatic heterocycles. The highest BCUT2D eigenvalue weighted by Crippen LogP contribution is 1.91. The molecule has 74 valence electrons. The Balaban J connectivity index is 0.000000461. The van der Waals surface area contributed by atoms with E-state index in [-0.39, 0.29) is 11.2 Å². The molecule has 0 amide bonds. The highest BCUT2D eigenvalue weighted by atomic mass is 16.2. The summed E-state index contributed by atoms with van der Waals surface area (Å²) in [5.74, 6) is 0. The molecule has 0 saturated heterocycles. The van der Waals surface area contributed by atoms with Crippen molar-refractivity contribution in [1.29, 1.82) is 0 Å². The third kappa shape index (κ3) is 1.83. The van der Waals surface area contributed by atoms with E-state index in [1.807, 2.05) is 4.98 Å². The lowest BCUT2D eigenvalue weighted by molar-refractivity contribution is 1.04. The molecule has 2 rings (SSSR count). The average Bonchev–Trinajstić information content (AvgIpc) is 2.20. The van der Waals surface area contributed by atoms with Gasteiger partial charge in [-0.15, -0.1) is 0 Å². The number of aromatic nitrogens is 4. The van der Waals surface area contributed by atoms with Crippen LogP contribution in [0, 0.1) is 0 Å². The number of nitrogens with zero attached hydrogens (tertiary/aromatic N) is 2. The molecule has 0 spiro atoms. The molecule has 0 saturated carbocycles. The second-order valence-corrected chi connectivity index (χ2v) is 2.16. The second kappa shape index (κ2) is 4.28. The van der Waals surface area contributed by atoms with Gasteiger partial charge in [0.15, 0.2) is 11.2 Å². The van der Waals surface area contributed by atoms with Crippen LogP contribution in [0.2, 0.25) is 0 Å². The summed E-state index contributed by atoms with van der Waals surface area (Å²) in [7, 11) is 1.50. The first-order chi connectivity index (χ1) is 6.77. The Kier molecular flexibility index (Phi) is 3.08. The fraction of sp³-hybridized carbons (Fsp3) is 0.143. The van der Waals surface area contributed by atoms with Crippen LogP contribution in [0.25, 0.3) is 11.2 Å². The summed E-state index contributed by atoms with van der Waals surface area (Å²) in [5.41, 5.74) is 3.73. The van der Waals surface area contributed by atoms with Crippen LogP contribution in [0.1, 0.15) is 0 Å². The average molecular weight is 195 g/mol. The number of fused-ring (bicyclic) bond motifs is 1. The second-order valence-electron chi connectivity index (χ2n) is 2.16. The Morgan fingerprint density at radius 3 is 2.50 bits per heavy atom. The van der Waals surface area contributed by atoms with Crippen LogP contribution in [0.4, 0.5) is 0 Å². The van der Waals surface area contributed by atoms with Gasteiger partial charge < -0.3 is 5.73 Å². The lowest BCUT2D eigenvalue weighted by Crippen LogP contribution is -2.22. The summed E-state index contributed by atoms with van der Waals surface area (Å²) < 4.78 is 0. The molecule has 7 heteroatoms. The highest BCUT2D eigenvalue weighted by molar-refractivity contribution is 5.66. The highest BCUT2D eigenvalue weighted by Gasteiger charge is 1.99. The molecule has 0 aliphatic rings. The van der Waals surface area contributed by atoms with E-state index >= 15 is 0 Å². The van der Waals surface area contributed by atoms with E-state index in [2.05, 4.69) is 20.7 Å². The number of H-pyrrole nitrogens is 2. The minimum Gasteiger partial charge on any atom is -0.333 e. The van der Waals surface area contributed by atoms with Gasteiger partial charge in [-0.1, -0.05) is 0 Å². The first-order valence-electron chi connectivity index (χ1n) is 3.78. The zero-order chi connectivity index (χ0) is 10.6. The summed E-state index contributed by atoms with van der Waals surface area (Å²) in [5, 5.41) is 0. The fourth-order valence-corrected chi connectivity index (χ4v) is 0.897. The normalized spacial score (nSPS) is 9.29. The van der Waals surface area contributed by atoms with Gasteiger partial charge in [0.25, 0.3) is 5.56 Å². The number of aromatic amines is 2. The Morgan fingerprint density at radius 1 is 1.14 bits per heavy atom. The zero-order valence-electron chi connectivity index (χ0n) is 7.44. The van der Waals surface area contributed by atoms with Crippen LogP contribution in [-0.4, -0.2) is 27.0 Å². The van der Waals surface area contributed by atoms with E-state index in [1.54, 1.807) is 0 Å². The van der Waals surface area contributed by atoms with Crippen LogP contribution in [0.5, 0.6) is 0 Å². The molecular weight excluding hydrogens is 186 g/mol. The van der Waals surface area contributed by atoms with Crippen molar-refractivity contribution in [2.45, 2.75) is 0 Å². The molecule has 2 heterocycles. The van der Waals surface area contributed by atoms with Gasteiger partial charge >= 0.3 is 5.69 Å². The monoisotopic (exact) mass is 195 g/mol. The minimum absolute atomic E-state index is 0.136. The van der Waals surface area contributed by atoms with E-state index < -0.39 is 11.2 Å². The van der Waals surface area contributed by atoms with Gasteiger partial charge in [-0.05, 0) is 7.05 Å². The summed E-state index contributed by atoms with van der Waals surface area (Å²) in [6, 6.07) is 0. The van der Waals surface area contributed by atoms with Crippen LogP contribution in [0.15, 0.2) is 22.0 Å². The molecular formula is C7H9N5O2. The van der Waals surface area contributed by atoms with Crippen LogP contribution in [-0.2, 0) is 0 Å². The van der Waals surface area contributed by atoms with Crippen molar-refractivity contribution in [3.8, 4) is 0 Å². The molecule has 0 unspecified atom stereocenters. The molecule has 14 heavy (non-hydrogen) atoms. The first kappa shape index (κ1) is 10.1. The summed E-state index contributed by atoms with van der Waals surface area (Å²) in [4.78, 5) is 33.6. The standard InChI is InChI=1S/C6H4N4O2.CH5N/c11-5-3-4(8-2-1-7-3)9-6(12)10-5;1-2/h1-2H,(H2,8,9,10,11,12);2H2,1H3. The number of hydrogen-bond donors (Lipinski definition) is 3. The molecule has 0 bridgehead atoms. The van der Waals surface area contributed by atoms with Crippen molar-refractivity contribution >= 4 is 11.2 Å². The molecule has 7 nitrogen and oxygen atoms in total. The smallest absolute Gasteiger partial charge is 0.327 e. The molecule has 0 aliphatic heterocycles. The van der Waals surface area contributed by atoms with E-state index in [9.17, 15) is 9.59 Å². The minimum atomic E-state index is -0.576.